The fourth-order valence-corrected chi connectivity index (χ4v) is 7.67. The predicted octanol–water partition coefficient (Wildman–Crippen LogP) is 14.8. The Morgan fingerprint density at radius 2 is 0.679 bits per heavy atom. The zero-order valence-corrected chi connectivity index (χ0v) is 35.6. The molecular formula is C49H72N2O5. The number of aromatic nitrogens is 2. The minimum Gasteiger partial charge on any atom is -0.491 e. The number of hydrogen-bond donors (Lipinski definition) is 1. The number of nitrogens with zero attached hydrogens (tertiary/aromatic N) is 1. The number of fused-ring (bicyclic) bond motifs is 8. The van der Waals surface area contributed by atoms with Crippen LogP contribution in [-0.2, 0) is 0 Å². The molecule has 4 aromatic carbocycles. The molecule has 5 rings (SSSR count). The largest absolute Gasteiger partial charge is 0.491 e. The molecule has 0 bridgehead atoms. The highest BCUT2D eigenvalue weighted by atomic mass is 16.5. The van der Waals surface area contributed by atoms with Crippen LogP contribution in [0.15, 0.2) is 36.7 Å². The number of rotatable bonds is 30. The smallest absolute Gasteiger partial charge is 0.161 e. The predicted molar refractivity (Wildman–Crippen MR) is 237 cm³/mol. The van der Waals surface area contributed by atoms with Crippen LogP contribution in [0.2, 0.25) is 0 Å². The molecule has 0 unspecified atom stereocenters. The van der Waals surface area contributed by atoms with Crippen molar-refractivity contribution in [1.29, 1.82) is 0 Å². The first-order valence-corrected chi connectivity index (χ1v) is 22.7. The number of imidazole rings is 1. The summed E-state index contributed by atoms with van der Waals surface area (Å²) in [6, 6.07) is 11.1. The van der Waals surface area contributed by atoms with Crippen LogP contribution < -0.4 is 23.7 Å². The van der Waals surface area contributed by atoms with Crippen molar-refractivity contribution in [2.45, 2.75) is 163 Å². The molecule has 0 spiro atoms. The van der Waals surface area contributed by atoms with Crippen molar-refractivity contribution in [1.82, 2.24) is 9.97 Å². The summed E-state index contributed by atoms with van der Waals surface area (Å²) in [5.41, 5.74) is 1.82. The second-order valence-corrected chi connectivity index (χ2v) is 15.7. The number of benzene rings is 4. The van der Waals surface area contributed by atoms with E-state index in [1.807, 2.05) is 0 Å². The number of unbranched alkanes of at least 4 members (excludes halogenated alkanes) is 15. The van der Waals surface area contributed by atoms with Crippen LogP contribution in [0.25, 0.3) is 43.4 Å². The van der Waals surface area contributed by atoms with E-state index in [4.69, 9.17) is 28.7 Å². The maximum Gasteiger partial charge on any atom is 0.161 e. The standard InChI is InChI=1S/C49H72N2O5/c1-6-11-16-21-26-52-42-31-37-38-32-44(54-28-23-18-13-8-3)45(55-29-24-19-14-9-4)34-40(38)47-41(39(37)33-43(42)53-27-22-17-12-7-2)35-46(48-49(47)51-36-50-48)56-30-25-20-15-10-5/h31-36H,6-30H2,1-5H3,(H,50,51). The molecule has 7 heteroatoms. The lowest BCUT2D eigenvalue weighted by Gasteiger charge is -2.20. The lowest BCUT2D eigenvalue weighted by molar-refractivity contribution is 0.259. The Hall–Kier alpha value is -3.87. The van der Waals surface area contributed by atoms with Crippen LogP contribution in [0, 0.1) is 0 Å². The molecule has 0 aliphatic carbocycles. The quantitative estimate of drug-likeness (QED) is 0.0370. The normalized spacial score (nSPS) is 11.7. The van der Waals surface area contributed by atoms with Crippen LogP contribution in [0.1, 0.15) is 163 Å². The average Bonchev–Trinajstić information content (AvgIpc) is 3.71. The van der Waals surface area contributed by atoms with E-state index < -0.39 is 0 Å². The number of H-pyrrole nitrogens is 1. The Kier molecular flexibility index (Phi) is 18.6. The third-order valence-electron chi connectivity index (χ3n) is 11.0. The number of nitrogens with one attached hydrogen (secondary N) is 1. The SMILES string of the molecule is CCCCCCOc1cc2c3cc(OCCCCCC)c(OCCCCCC)cc3c3c(cc(OCCCCCC)c4[nH]cnc43)c2cc1OCCCCCC. The summed E-state index contributed by atoms with van der Waals surface area (Å²) < 4.78 is 33.0. The molecule has 0 aliphatic rings. The van der Waals surface area contributed by atoms with Gasteiger partial charge in [0.2, 0.25) is 0 Å². The van der Waals surface area contributed by atoms with Gasteiger partial charge in [-0.2, -0.15) is 0 Å². The van der Waals surface area contributed by atoms with Gasteiger partial charge in [0, 0.05) is 5.39 Å². The van der Waals surface area contributed by atoms with Crippen molar-refractivity contribution in [3.05, 3.63) is 36.7 Å². The molecule has 7 nitrogen and oxygen atoms in total. The Morgan fingerprint density at radius 3 is 1.04 bits per heavy atom. The number of hydrogen-bond acceptors (Lipinski definition) is 6. The van der Waals surface area contributed by atoms with Crippen molar-refractivity contribution in [3.63, 3.8) is 0 Å². The molecule has 0 radical (unpaired) electrons. The molecule has 5 aromatic rings. The molecule has 1 heterocycles. The van der Waals surface area contributed by atoms with Gasteiger partial charge in [-0.05, 0) is 89.4 Å². The van der Waals surface area contributed by atoms with Gasteiger partial charge in [0.25, 0.3) is 0 Å². The van der Waals surface area contributed by atoms with Crippen LogP contribution in [0.4, 0.5) is 0 Å². The number of aromatic amines is 1. The topological polar surface area (TPSA) is 74.8 Å². The van der Waals surface area contributed by atoms with E-state index in [1.54, 1.807) is 6.33 Å². The average molecular weight is 769 g/mol. The third-order valence-corrected chi connectivity index (χ3v) is 11.0. The second-order valence-electron chi connectivity index (χ2n) is 15.7. The Labute approximate surface area is 337 Å². The highest BCUT2D eigenvalue weighted by molar-refractivity contribution is 6.32. The Morgan fingerprint density at radius 1 is 0.375 bits per heavy atom. The van der Waals surface area contributed by atoms with E-state index in [0.29, 0.717) is 33.0 Å². The van der Waals surface area contributed by atoms with E-state index >= 15 is 0 Å². The fraction of sp³-hybridized carbons (Fsp3) is 0.612. The highest BCUT2D eigenvalue weighted by Crippen LogP contribution is 2.47. The molecule has 308 valence electrons. The lowest BCUT2D eigenvalue weighted by atomic mass is 9.92. The summed E-state index contributed by atoms with van der Waals surface area (Å²) in [5.74, 6) is 4.03. The lowest BCUT2D eigenvalue weighted by Crippen LogP contribution is -2.04. The van der Waals surface area contributed by atoms with Crippen LogP contribution in [0.5, 0.6) is 28.7 Å². The van der Waals surface area contributed by atoms with Gasteiger partial charge in [0.1, 0.15) is 16.8 Å². The molecule has 1 aromatic heterocycles. The van der Waals surface area contributed by atoms with Crippen molar-refractivity contribution < 1.29 is 23.7 Å². The highest BCUT2D eigenvalue weighted by Gasteiger charge is 2.22. The van der Waals surface area contributed by atoms with Gasteiger partial charge in [-0.15, -0.1) is 0 Å². The molecular weight excluding hydrogens is 697 g/mol. The van der Waals surface area contributed by atoms with Gasteiger partial charge in [-0.3, -0.25) is 0 Å². The van der Waals surface area contributed by atoms with Gasteiger partial charge >= 0.3 is 0 Å². The minimum absolute atomic E-state index is 0.659. The summed E-state index contributed by atoms with van der Waals surface area (Å²) in [7, 11) is 0. The monoisotopic (exact) mass is 769 g/mol. The molecule has 0 fully saturated rings. The molecule has 0 saturated carbocycles. The summed E-state index contributed by atoms with van der Waals surface area (Å²) >= 11 is 0. The summed E-state index contributed by atoms with van der Waals surface area (Å²) in [6.07, 6.45) is 24.7. The Bertz CT molecular complexity index is 1850. The molecule has 56 heavy (non-hydrogen) atoms. The summed E-state index contributed by atoms with van der Waals surface area (Å²) in [5, 5.41) is 6.54. The summed E-state index contributed by atoms with van der Waals surface area (Å²) in [6.45, 7) is 14.5. The van der Waals surface area contributed by atoms with Gasteiger partial charge in [0.05, 0.1) is 39.4 Å². The zero-order chi connectivity index (χ0) is 39.4. The van der Waals surface area contributed by atoms with Crippen molar-refractivity contribution in [3.8, 4) is 28.7 Å². The van der Waals surface area contributed by atoms with Crippen LogP contribution in [-0.4, -0.2) is 43.0 Å². The van der Waals surface area contributed by atoms with Crippen molar-refractivity contribution in [2.75, 3.05) is 33.0 Å². The fourth-order valence-electron chi connectivity index (χ4n) is 7.67. The van der Waals surface area contributed by atoms with Crippen molar-refractivity contribution in [2.24, 2.45) is 0 Å². The van der Waals surface area contributed by atoms with E-state index in [9.17, 15) is 0 Å². The third kappa shape index (κ3) is 11.8. The summed E-state index contributed by atoms with van der Waals surface area (Å²) in [4.78, 5) is 8.40. The molecule has 1 N–H and O–H groups in total. The maximum absolute atomic E-state index is 6.62. The first kappa shape index (κ1) is 43.3. The van der Waals surface area contributed by atoms with Crippen LogP contribution >= 0.6 is 0 Å². The van der Waals surface area contributed by atoms with Gasteiger partial charge in [0.15, 0.2) is 23.0 Å². The van der Waals surface area contributed by atoms with E-state index in [1.165, 1.54) is 64.2 Å². The van der Waals surface area contributed by atoms with E-state index in [-0.39, 0.29) is 0 Å². The molecule has 0 amide bonds. The van der Waals surface area contributed by atoms with Gasteiger partial charge in [-0.25, -0.2) is 4.98 Å². The second kappa shape index (κ2) is 24.0. The van der Waals surface area contributed by atoms with Crippen molar-refractivity contribution >= 4 is 43.4 Å². The minimum atomic E-state index is 0.659. The maximum atomic E-state index is 6.62. The zero-order valence-electron chi connectivity index (χ0n) is 35.6. The molecule has 0 saturated heterocycles. The van der Waals surface area contributed by atoms with Crippen LogP contribution in [0.3, 0.4) is 0 Å². The first-order chi connectivity index (χ1) is 27.6. The molecule has 0 aliphatic heterocycles. The first-order valence-electron chi connectivity index (χ1n) is 22.7. The Balaban J connectivity index is 1.71. The molecule has 0 atom stereocenters. The van der Waals surface area contributed by atoms with E-state index in [2.05, 4.69) is 69.9 Å². The van der Waals surface area contributed by atoms with Gasteiger partial charge < -0.3 is 28.7 Å². The number of ether oxygens (including phenoxy) is 5. The van der Waals surface area contributed by atoms with Gasteiger partial charge in [-0.1, -0.05) is 131 Å². The van der Waals surface area contributed by atoms with E-state index in [0.717, 1.165) is 136 Å².